The van der Waals surface area contributed by atoms with E-state index in [-0.39, 0.29) is 5.91 Å². The third kappa shape index (κ3) is 6.62. The number of rotatable bonds is 4. The molecule has 0 rings (SSSR count). The maximum Gasteiger partial charge on any atom is 0.219 e. The summed E-state index contributed by atoms with van der Waals surface area (Å²) in [6.07, 6.45) is 3.33. The van der Waals surface area contributed by atoms with Crippen LogP contribution < -0.4 is 0 Å². The van der Waals surface area contributed by atoms with Gasteiger partial charge in [0.25, 0.3) is 0 Å². The summed E-state index contributed by atoms with van der Waals surface area (Å²) in [5.41, 5.74) is 0. The molecule has 0 spiro atoms. The fourth-order valence-corrected chi connectivity index (χ4v) is 1.26. The van der Waals surface area contributed by atoms with Gasteiger partial charge in [0, 0.05) is 20.0 Å². The summed E-state index contributed by atoms with van der Waals surface area (Å²) in [7, 11) is 1.88. The molecule has 0 aromatic heterocycles. The Bertz CT molecular complexity index is 123. The van der Waals surface area contributed by atoms with Gasteiger partial charge in [0.2, 0.25) is 5.91 Å². The molecule has 2 heteroatoms. The first-order valence-corrected chi connectivity index (χ1v) is 5.36. The van der Waals surface area contributed by atoms with Crippen molar-refractivity contribution < 1.29 is 4.79 Å². The minimum atomic E-state index is 0.172. The van der Waals surface area contributed by atoms with Crippen LogP contribution in [0, 0.1) is 0 Å². The minimum absolute atomic E-state index is 0.172. The zero-order chi connectivity index (χ0) is 10.9. The van der Waals surface area contributed by atoms with Gasteiger partial charge in [-0.15, -0.1) is 0 Å². The van der Waals surface area contributed by atoms with Gasteiger partial charge in [-0.1, -0.05) is 34.1 Å². The van der Waals surface area contributed by atoms with E-state index in [0.717, 1.165) is 19.3 Å². The third-order valence-electron chi connectivity index (χ3n) is 2.14. The highest BCUT2D eigenvalue weighted by atomic mass is 16.2. The predicted octanol–water partition coefficient (Wildman–Crippen LogP) is 3.07. The molecule has 0 saturated carbocycles. The monoisotopic (exact) mass is 187 g/mol. The first kappa shape index (κ1) is 15.0. The van der Waals surface area contributed by atoms with Gasteiger partial charge in [-0.05, 0) is 12.8 Å². The lowest BCUT2D eigenvalue weighted by Gasteiger charge is -2.25. The molecule has 0 saturated heterocycles. The second kappa shape index (κ2) is 9.56. The Morgan fingerprint density at radius 3 is 2.00 bits per heavy atom. The zero-order valence-corrected chi connectivity index (χ0v) is 10.1. The van der Waals surface area contributed by atoms with Gasteiger partial charge >= 0.3 is 0 Å². The van der Waals surface area contributed by atoms with Crippen LogP contribution in [0.25, 0.3) is 0 Å². The quantitative estimate of drug-likeness (QED) is 0.662. The van der Waals surface area contributed by atoms with Gasteiger partial charge in [-0.25, -0.2) is 0 Å². The van der Waals surface area contributed by atoms with Crippen LogP contribution in [-0.4, -0.2) is 23.9 Å². The van der Waals surface area contributed by atoms with E-state index in [1.807, 2.05) is 25.8 Å². The summed E-state index contributed by atoms with van der Waals surface area (Å²) in [6.45, 7) is 9.90. The molecule has 0 aliphatic rings. The number of carbonyl (C=O) groups is 1. The van der Waals surface area contributed by atoms with Crippen LogP contribution >= 0.6 is 0 Å². The number of hydrogen-bond acceptors (Lipinski definition) is 1. The largest absolute Gasteiger partial charge is 0.343 e. The highest BCUT2D eigenvalue weighted by molar-refractivity contribution is 5.73. The molecule has 1 atom stereocenters. The molecular weight excluding hydrogens is 162 g/mol. The van der Waals surface area contributed by atoms with Crippen LogP contribution in [0.3, 0.4) is 0 Å². The Morgan fingerprint density at radius 1 is 1.31 bits per heavy atom. The second-order valence-corrected chi connectivity index (χ2v) is 2.98. The molecule has 1 amide bonds. The van der Waals surface area contributed by atoms with Gasteiger partial charge in [-0.3, -0.25) is 4.79 Å². The average Bonchev–Trinajstić information content (AvgIpc) is 2.16. The number of carbonyl (C=O) groups excluding carboxylic acids is 1. The van der Waals surface area contributed by atoms with Crippen molar-refractivity contribution in [2.75, 3.05) is 7.05 Å². The fourth-order valence-electron chi connectivity index (χ4n) is 1.26. The second-order valence-electron chi connectivity index (χ2n) is 2.98. The Balaban J connectivity index is 0. The maximum atomic E-state index is 10.9. The summed E-state index contributed by atoms with van der Waals surface area (Å²) in [5.74, 6) is 0.172. The molecule has 0 bridgehead atoms. The molecule has 0 aromatic rings. The predicted molar refractivity (Wildman–Crippen MR) is 58.8 cm³/mol. The molecular formula is C11H25NO. The summed E-state index contributed by atoms with van der Waals surface area (Å²) in [4.78, 5) is 12.8. The summed E-state index contributed by atoms with van der Waals surface area (Å²) >= 11 is 0. The number of amides is 1. The van der Waals surface area contributed by atoms with Crippen molar-refractivity contribution in [3.63, 3.8) is 0 Å². The van der Waals surface area contributed by atoms with Crippen molar-refractivity contribution in [3.8, 4) is 0 Å². The molecule has 0 aliphatic heterocycles. The lowest BCUT2D eigenvalue weighted by atomic mass is 10.1. The molecule has 0 aliphatic carbocycles. The fraction of sp³-hybridized carbons (Fsp3) is 0.909. The molecule has 0 N–H and O–H groups in total. The van der Waals surface area contributed by atoms with Crippen molar-refractivity contribution in [1.29, 1.82) is 0 Å². The lowest BCUT2D eigenvalue weighted by Crippen LogP contribution is -2.34. The van der Waals surface area contributed by atoms with Crippen molar-refractivity contribution in [1.82, 2.24) is 4.90 Å². The standard InChI is InChI=1S/C9H19NO.C2H6/c1-5-7-9(6-2)10(4)8(3)11;1-2/h9H,5-7H2,1-4H3;1-2H3. The molecule has 0 radical (unpaired) electrons. The smallest absolute Gasteiger partial charge is 0.219 e. The van der Waals surface area contributed by atoms with Crippen LogP contribution in [0.15, 0.2) is 0 Å². The van der Waals surface area contributed by atoms with Gasteiger partial charge in [0.15, 0.2) is 0 Å². The Labute approximate surface area is 83.3 Å². The molecule has 0 fully saturated rings. The highest BCUT2D eigenvalue weighted by Gasteiger charge is 2.12. The third-order valence-corrected chi connectivity index (χ3v) is 2.14. The molecule has 80 valence electrons. The van der Waals surface area contributed by atoms with Gasteiger partial charge in [0.1, 0.15) is 0 Å². The van der Waals surface area contributed by atoms with Gasteiger partial charge < -0.3 is 4.90 Å². The Morgan fingerprint density at radius 2 is 1.77 bits per heavy atom. The van der Waals surface area contributed by atoms with Gasteiger partial charge in [0.05, 0.1) is 0 Å². The van der Waals surface area contributed by atoms with E-state index < -0.39 is 0 Å². The first-order valence-electron chi connectivity index (χ1n) is 5.36. The van der Waals surface area contributed by atoms with Gasteiger partial charge in [-0.2, -0.15) is 0 Å². The minimum Gasteiger partial charge on any atom is -0.343 e. The molecule has 2 nitrogen and oxygen atoms in total. The summed E-state index contributed by atoms with van der Waals surface area (Å²) < 4.78 is 0. The van der Waals surface area contributed by atoms with E-state index in [1.54, 1.807) is 6.92 Å². The SMILES string of the molecule is CC.CCCC(CC)N(C)C(C)=O. The van der Waals surface area contributed by atoms with Crippen molar-refractivity contribution in [2.45, 2.75) is 59.9 Å². The van der Waals surface area contributed by atoms with E-state index in [2.05, 4.69) is 13.8 Å². The van der Waals surface area contributed by atoms with E-state index in [0.29, 0.717) is 6.04 Å². The van der Waals surface area contributed by atoms with Crippen LogP contribution in [0.4, 0.5) is 0 Å². The number of hydrogen-bond donors (Lipinski definition) is 0. The summed E-state index contributed by atoms with van der Waals surface area (Å²) in [5, 5.41) is 0. The molecule has 1 unspecified atom stereocenters. The molecule has 13 heavy (non-hydrogen) atoms. The van der Waals surface area contributed by atoms with Crippen LogP contribution in [-0.2, 0) is 4.79 Å². The van der Waals surface area contributed by atoms with E-state index in [1.165, 1.54) is 0 Å². The van der Waals surface area contributed by atoms with Crippen molar-refractivity contribution in [2.24, 2.45) is 0 Å². The van der Waals surface area contributed by atoms with Crippen molar-refractivity contribution in [3.05, 3.63) is 0 Å². The summed E-state index contributed by atoms with van der Waals surface area (Å²) in [6, 6.07) is 0.442. The lowest BCUT2D eigenvalue weighted by molar-refractivity contribution is -0.129. The first-order chi connectivity index (χ1) is 6.13. The van der Waals surface area contributed by atoms with E-state index >= 15 is 0 Å². The average molecular weight is 187 g/mol. The molecule has 0 aromatic carbocycles. The van der Waals surface area contributed by atoms with E-state index in [4.69, 9.17) is 0 Å². The normalized spacial score (nSPS) is 11.2. The van der Waals surface area contributed by atoms with Crippen LogP contribution in [0.5, 0.6) is 0 Å². The number of nitrogens with zero attached hydrogens (tertiary/aromatic N) is 1. The topological polar surface area (TPSA) is 20.3 Å². The zero-order valence-electron chi connectivity index (χ0n) is 10.1. The van der Waals surface area contributed by atoms with Crippen LogP contribution in [0.2, 0.25) is 0 Å². The Hall–Kier alpha value is -0.530. The maximum absolute atomic E-state index is 10.9. The Kier molecular flexibility index (Phi) is 11.0. The molecule has 0 heterocycles. The highest BCUT2D eigenvalue weighted by Crippen LogP contribution is 2.08. The van der Waals surface area contributed by atoms with E-state index in [9.17, 15) is 4.79 Å². The van der Waals surface area contributed by atoms with Crippen molar-refractivity contribution >= 4 is 5.91 Å². The van der Waals surface area contributed by atoms with Crippen LogP contribution in [0.1, 0.15) is 53.9 Å².